The summed E-state index contributed by atoms with van der Waals surface area (Å²) in [5, 5.41) is 5.33. The van der Waals surface area contributed by atoms with Gasteiger partial charge in [0.1, 0.15) is 0 Å². The molecule has 1 N–H and O–H groups in total. The van der Waals surface area contributed by atoms with E-state index in [2.05, 4.69) is 10.2 Å². The van der Waals surface area contributed by atoms with Gasteiger partial charge in [-0.05, 0) is 28.0 Å². The van der Waals surface area contributed by atoms with Crippen LogP contribution in [0.3, 0.4) is 0 Å². The minimum atomic E-state index is -4.38. The molecule has 1 aliphatic rings. The van der Waals surface area contributed by atoms with Gasteiger partial charge < -0.3 is 5.32 Å². The molecule has 1 heterocycles. The molecule has 0 bridgehead atoms. The summed E-state index contributed by atoms with van der Waals surface area (Å²) < 4.78 is 41.3. The molecule has 4 rings (SSSR count). The summed E-state index contributed by atoms with van der Waals surface area (Å²) in [4.78, 5) is 2.16. The van der Waals surface area contributed by atoms with E-state index in [4.69, 9.17) is 0 Å². The number of fused-ring (bicyclic) bond motifs is 1. The molecule has 5 heteroatoms. The first-order valence-electron chi connectivity index (χ1n) is 9.14. The smallest absolute Gasteiger partial charge is 0.314 e. The second-order valence-electron chi connectivity index (χ2n) is 6.84. The quantitative estimate of drug-likeness (QED) is 0.709. The van der Waals surface area contributed by atoms with Gasteiger partial charge in [-0.3, -0.25) is 4.90 Å². The maximum absolute atomic E-state index is 13.8. The van der Waals surface area contributed by atoms with Crippen LogP contribution >= 0.6 is 0 Å². The molecule has 1 fully saturated rings. The monoisotopic (exact) mass is 370 g/mol. The largest absolute Gasteiger partial charge is 0.416 e. The Balaban J connectivity index is 1.94. The van der Waals surface area contributed by atoms with Crippen molar-refractivity contribution in [1.82, 2.24) is 10.2 Å². The summed E-state index contributed by atoms with van der Waals surface area (Å²) in [6, 6.07) is 19.3. The van der Waals surface area contributed by atoms with Gasteiger partial charge in [0.25, 0.3) is 0 Å². The van der Waals surface area contributed by atoms with Gasteiger partial charge in [0, 0.05) is 26.2 Å². The molecular weight excluding hydrogens is 349 g/mol. The maximum Gasteiger partial charge on any atom is 0.416 e. The first-order valence-corrected chi connectivity index (χ1v) is 9.14. The van der Waals surface area contributed by atoms with Crippen LogP contribution in [-0.4, -0.2) is 31.1 Å². The van der Waals surface area contributed by atoms with Gasteiger partial charge >= 0.3 is 6.18 Å². The predicted molar refractivity (Wildman–Crippen MR) is 102 cm³/mol. The highest BCUT2D eigenvalue weighted by atomic mass is 19.4. The molecular formula is C22H21F3N2. The van der Waals surface area contributed by atoms with Crippen molar-refractivity contribution in [3.63, 3.8) is 0 Å². The third-order valence-electron chi connectivity index (χ3n) is 5.20. The van der Waals surface area contributed by atoms with E-state index < -0.39 is 17.8 Å². The number of nitrogens with zero attached hydrogens (tertiary/aromatic N) is 1. The molecule has 0 spiro atoms. The van der Waals surface area contributed by atoms with Crippen LogP contribution in [0.5, 0.6) is 0 Å². The summed E-state index contributed by atoms with van der Waals surface area (Å²) in [6.45, 7) is 2.96. The van der Waals surface area contributed by atoms with Crippen LogP contribution < -0.4 is 5.32 Å². The number of rotatable bonds is 3. The average Bonchev–Trinajstić information content (AvgIpc) is 2.69. The second kappa shape index (κ2) is 7.33. The van der Waals surface area contributed by atoms with Crippen molar-refractivity contribution in [2.24, 2.45) is 0 Å². The van der Waals surface area contributed by atoms with Crippen LogP contribution in [0.2, 0.25) is 0 Å². The molecule has 1 atom stereocenters. The van der Waals surface area contributed by atoms with Crippen molar-refractivity contribution in [3.05, 3.63) is 83.4 Å². The Morgan fingerprint density at radius 1 is 0.778 bits per heavy atom. The molecule has 2 nitrogen and oxygen atoms in total. The van der Waals surface area contributed by atoms with Gasteiger partial charge in [-0.25, -0.2) is 0 Å². The fraction of sp³-hybridized carbons (Fsp3) is 0.273. The van der Waals surface area contributed by atoms with E-state index in [1.54, 1.807) is 12.1 Å². The molecule has 1 saturated heterocycles. The van der Waals surface area contributed by atoms with E-state index in [1.165, 1.54) is 12.1 Å². The van der Waals surface area contributed by atoms with Crippen LogP contribution in [0.15, 0.2) is 66.7 Å². The third kappa shape index (κ3) is 3.57. The van der Waals surface area contributed by atoms with Gasteiger partial charge in [0.2, 0.25) is 0 Å². The van der Waals surface area contributed by atoms with Crippen molar-refractivity contribution < 1.29 is 13.2 Å². The summed E-state index contributed by atoms with van der Waals surface area (Å²) in [5.41, 5.74) is 0.691. The normalized spacial score (nSPS) is 17.1. The van der Waals surface area contributed by atoms with E-state index in [-0.39, 0.29) is 0 Å². The van der Waals surface area contributed by atoms with Gasteiger partial charge in [0.05, 0.1) is 11.6 Å². The van der Waals surface area contributed by atoms with Crippen molar-refractivity contribution in [1.29, 1.82) is 0 Å². The molecule has 1 aliphatic heterocycles. The molecule has 27 heavy (non-hydrogen) atoms. The topological polar surface area (TPSA) is 15.3 Å². The zero-order valence-electron chi connectivity index (χ0n) is 14.8. The number of nitrogens with one attached hydrogen (secondary N) is 1. The zero-order chi connectivity index (χ0) is 18.9. The lowest BCUT2D eigenvalue weighted by atomic mass is 9.89. The van der Waals surface area contributed by atoms with E-state index in [0.29, 0.717) is 18.7 Å². The van der Waals surface area contributed by atoms with Crippen molar-refractivity contribution in [2.45, 2.75) is 12.2 Å². The number of piperazine rings is 1. The first-order chi connectivity index (χ1) is 13.1. The van der Waals surface area contributed by atoms with E-state index in [1.807, 2.05) is 42.5 Å². The molecule has 0 aliphatic carbocycles. The third-order valence-corrected chi connectivity index (χ3v) is 5.20. The van der Waals surface area contributed by atoms with E-state index in [9.17, 15) is 13.2 Å². The van der Waals surface area contributed by atoms with Crippen LogP contribution in [-0.2, 0) is 6.18 Å². The van der Waals surface area contributed by atoms with Crippen molar-refractivity contribution in [2.75, 3.05) is 26.2 Å². The van der Waals surface area contributed by atoms with Gasteiger partial charge in [-0.2, -0.15) is 13.2 Å². The Kier molecular flexibility index (Phi) is 4.89. The van der Waals surface area contributed by atoms with Crippen LogP contribution in [0.1, 0.15) is 22.7 Å². The summed E-state index contributed by atoms with van der Waals surface area (Å²) in [5.74, 6) is 0. The highest BCUT2D eigenvalue weighted by Crippen LogP contribution is 2.40. The van der Waals surface area contributed by atoms with Crippen molar-refractivity contribution in [3.8, 4) is 0 Å². The zero-order valence-corrected chi connectivity index (χ0v) is 14.8. The minimum absolute atomic E-state index is 0.322. The maximum atomic E-state index is 13.8. The molecule has 0 aromatic heterocycles. The van der Waals surface area contributed by atoms with E-state index in [0.717, 1.165) is 29.4 Å². The fourth-order valence-electron chi connectivity index (χ4n) is 3.98. The lowest BCUT2D eigenvalue weighted by molar-refractivity contribution is -0.138. The first kappa shape index (κ1) is 18.0. The SMILES string of the molecule is FC(F)(F)c1ccccc1C(c1cccc2ccccc12)N1CCNCC1. The number of halogens is 3. The average molecular weight is 370 g/mol. The molecule has 1 unspecified atom stereocenters. The highest BCUT2D eigenvalue weighted by Gasteiger charge is 2.37. The van der Waals surface area contributed by atoms with Crippen molar-refractivity contribution >= 4 is 10.8 Å². The molecule has 0 radical (unpaired) electrons. The standard InChI is InChI=1S/C22H21F3N2/c23-22(24,25)20-11-4-3-9-19(20)21(27-14-12-26-13-15-27)18-10-5-7-16-6-1-2-8-17(16)18/h1-11,21,26H,12-15H2. The Morgan fingerprint density at radius 3 is 2.19 bits per heavy atom. The molecule has 140 valence electrons. The number of benzene rings is 3. The summed E-state index contributed by atoms with van der Waals surface area (Å²) >= 11 is 0. The molecule has 0 amide bonds. The van der Waals surface area contributed by atoms with E-state index >= 15 is 0 Å². The Bertz CT molecular complexity index is 925. The Morgan fingerprint density at radius 2 is 1.41 bits per heavy atom. The lowest BCUT2D eigenvalue weighted by Gasteiger charge is -2.37. The van der Waals surface area contributed by atoms with Gasteiger partial charge in [0.15, 0.2) is 0 Å². The number of hydrogen-bond donors (Lipinski definition) is 1. The fourth-order valence-corrected chi connectivity index (χ4v) is 3.98. The summed E-state index contributed by atoms with van der Waals surface area (Å²) in [7, 11) is 0. The van der Waals surface area contributed by atoms with Crippen LogP contribution in [0.4, 0.5) is 13.2 Å². The number of alkyl halides is 3. The molecule has 0 saturated carbocycles. The number of hydrogen-bond acceptors (Lipinski definition) is 2. The van der Waals surface area contributed by atoms with Gasteiger partial charge in [-0.1, -0.05) is 60.7 Å². The minimum Gasteiger partial charge on any atom is -0.314 e. The second-order valence-corrected chi connectivity index (χ2v) is 6.84. The Labute approximate surface area is 156 Å². The van der Waals surface area contributed by atoms with Crippen LogP contribution in [0, 0.1) is 0 Å². The molecule has 3 aromatic carbocycles. The predicted octanol–water partition coefficient (Wildman–Crippen LogP) is 4.85. The Hall–Kier alpha value is -2.37. The molecule has 3 aromatic rings. The van der Waals surface area contributed by atoms with Crippen LogP contribution in [0.25, 0.3) is 10.8 Å². The summed E-state index contributed by atoms with van der Waals surface area (Å²) in [6.07, 6.45) is -4.38. The lowest BCUT2D eigenvalue weighted by Crippen LogP contribution is -2.45. The highest BCUT2D eigenvalue weighted by molar-refractivity contribution is 5.86. The van der Waals surface area contributed by atoms with Gasteiger partial charge in [-0.15, -0.1) is 0 Å².